The number of ketones is 1. The van der Waals surface area contributed by atoms with Crippen molar-refractivity contribution in [1.82, 2.24) is 10.6 Å². The lowest BCUT2D eigenvalue weighted by Gasteiger charge is -2.02. The van der Waals surface area contributed by atoms with E-state index in [2.05, 4.69) is 10.6 Å². The van der Waals surface area contributed by atoms with E-state index in [9.17, 15) is 9.59 Å². The molecule has 2 rings (SSSR count). The first-order valence-electron chi connectivity index (χ1n) is 3.34. The number of nitrogens with one attached hydrogen (secondary N) is 2. The normalized spacial score (nSPS) is 37.2. The molecule has 0 spiro atoms. The summed E-state index contributed by atoms with van der Waals surface area (Å²) in [5.41, 5.74) is 0. The SMILES string of the molecule is O=C1CC2NC(=O)NC2C1. The van der Waals surface area contributed by atoms with E-state index in [1.807, 2.05) is 0 Å². The van der Waals surface area contributed by atoms with Gasteiger partial charge in [-0.3, -0.25) is 4.79 Å². The zero-order valence-corrected chi connectivity index (χ0v) is 5.39. The zero-order valence-electron chi connectivity index (χ0n) is 5.39. The molecule has 0 radical (unpaired) electrons. The van der Waals surface area contributed by atoms with Crippen LogP contribution in [0.2, 0.25) is 0 Å². The van der Waals surface area contributed by atoms with E-state index in [1.165, 1.54) is 0 Å². The minimum Gasteiger partial charge on any atom is -0.333 e. The molecule has 0 aromatic rings. The van der Waals surface area contributed by atoms with Crippen LogP contribution in [0.3, 0.4) is 0 Å². The van der Waals surface area contributed by atoms with Gasteiger partial charge in [0.05, 0.1) is 12.1 Å². The Balaban J connectivity index is 2.12. The van der Waals surface area contributed by atoms with Crippen LogP contribution < -0.4 is 10.6 Å². The molecule has 2 N–H and O–H groups in total. The van der Waals surface area contributed by atoms with Gasteiger partial charge >= 0.3 is 6.03 Å². The van der Waals surface area contributed by atoms with E-state index in [1.54, 1.807) is 0 Å². The van der Waals surface area contributed by atoms with Gasteiger partial charge in [-0.2, -0.15) is 0 Å². The minimum absolute atomic E-state index is 0.0694. The summed E-state index contributed by atoms with van der Waals surface area (Å²) >= 11 is 0. The summed E-state index contributed by atoms with van der Waals surface area (Å²) in [6.07, 6.45) is 1.01. The molecule has 0 bridgehead atoms. The molecule has 1 saturated heterocycles. The maximum Gasteiger partial charge on any atom is 0.315 e. The van der Waals surface area contributed by atoms with Crippen LogP contribution in [0.5, 0.6) is 0 Å². The molecule has 0 aromatic heterocycles. The Kier molecular flexibility index (Phi) is 0.977. The monoisotopic (exact) mass is 140 g/mol. The second kappa shape index (κ2) is 1.71. The van der Waals surface area contributed by atoms with Crippen molar-refractivity contribution >= 4 is 11.8 Å². The molecule has 4 nitrogen and oxygen atoms in total. The fourth-order valence-corrected chi connectivity index (χ4v) is 1.54. The number of urea groups is 1. The van der Waals surface area contributed by atoms with Gasteiger partial charge in [0.15, 0.2) is 0 Å². The van der Waals surface area contributed by atoms with Crippen LogP contribution in [0.4, 0.5) is 4.79 Å². The number of hydrogen-bond donors (Lipinski definition) is 2. The van der Waals surface area contributed by atoms with Crippen LogP contribution in [0.1, 0.15) is 12.8 Å². The van der Waals surface area contributed by atoms with Crippen LogP contribution in [0.25, 0.3) is 0 Å². The molecule has 2 amide bonds. The van der Waals surface area contributed by atoms with Crippen LogP contribution in [-0.4, -0.2) is 23.9 Å². The summed E-state index contributed by atoms with van der Waals surface area (Å²) in [5, 5.41) is 5.35. The molecule has 10 heavy (non-hydrogen) atoms. The van der Waals surface area contributed by atoms with Crippen LogP contribution in [0, 0.1) is 0 Å². The van der Waals surface area contributed by atoms with Crippen molar-refractivity contribution < 1.29 is 9.59 Å². The summed E-state index contributed by atoms with van der Waals surface area (Å²) in [7, 11) is 0. The fourth-order valence-electron chi connectivity index (χ4n) is 1.54. The zero-order chi connectivity index (χ0) is 7.14. The van der Waals surface area contributed by atoms with Gasteiger partial charge < -0.3 is 10.6 Å². The summed E-state index contributed by atoms with van der Waals surface area (Å²) in [4.78, 5) is 21.4. The third kappa shape index (κ3) is 0.683. The number of rotatable bonds is 0. The van der Waals surface area contributed by atoms with Crippen molar-refractivity contribution in [3.05, 3.63) is 0 Å². The van der Waals surface area contributed by atoms with E-state index >= 15 is 0 Å². The Morgan fingerprint density at radius 3 is 2.10 bits per heavy atom. The number of Topliss-reactive ketones (excluding diaryl/α,β-unsaturated/α-hetero) is 1. The van der Waals surface area contributed by atoms with Crippen LogP contribution in [-0.2, 0) is 4.79 Å². The third-order valence-corrected chi connectivity index (χ3v) is 2.01. The molecular weight excluding hydrogens is 132 g/mol. The second-order valence-corrected chi connectivity index (χ2v) is 2.78. The Morgan fingerprint density at radius 2 is 1.60 bits per heavy atom. The van der Waals surface area contributed by atoms with Crippen molar-refractivity contribution in [3.63, 3.8) is 0 Å². The van der Waals surface area contributed by atoms with Crippen LogP contribution >= 0.6 is 0 Å². The highest BCUT2D eigenvalue weighted by atomic mass is 16.2. The Labute approximate surface area is 58.0 Å². The van der Waals surface area contributed by atoms with Crippen LogP contribution in [0.15, 0.2) is 0 Å². The predicted molar refractivity (Wildman–Crippen MR) is 33.5 cm³/mol. The summed E-state index contributed by atoms with van der Waals surface area (Å²) in [6, 6.07) is 0.00231. The maximum absolute atomic E-state index is 10.8. The van der Waals surface area contributed by atoms with Gasteiger partial charge in [-0.05, 0) is 0 Å². The van der Waals surface area contributed by atoms with Gasteiger partial charge in [-0.1, -0.05) is 0 Å². The molecule has 2 fully saturated rings. The molecule has 0 aromatic carbocycles. The number of carbonyl (C=O) groups is 2. The van der Waals surface area contributed by atoms with Crippen molar-refractivity contribution in [2.75, 3.05) is 0 Å². The van der Waals surface area contributed by atoms with Gasteiger partial charge in [0.2, 0.25) is 0 Å². The highest BCUT2D eigenvalue weighted by molar-refractivity contribution is 5.88. The highest BCUT2D eigenvalue weighted by Crippen LogP contribution is 2.18. The number of hydrogen-bond acceptors (Lipinski definition) is 2. The topological polar surface area (TPSA) is 58.2 Å². The average Bonchev–Trinajstić information content (AvgIpc) is 2.21. The van der Waals surface area contributed by atoms with Crippen molar-refractivity contribution in [3.8, 4) is 0 Å². The molecule has 4 heteroatoms. The molecule has 2 aliphatic rings. The molecule has 2 unspecified atom stereocenters. The first-order chi connectivity index (χ1) is 4.75. The number of amides is 2. The average molecular weight is 140 g/mol. The Morgan fingerprint density at radius 1 is 1.10 bits per heavy atom. The van der Waals surface area contributed by atoms with E-state index in [0.717, 1.165) is 0 Å². The predicted octanol–water partition coefficient (Wildman–Crippen LogP) is -0.601. The molecule has 54 valence electrons. The lowest BCUT2D eigenvalue weighted by Crippen LogP contribution is -2.26. The van der Waals surface area contributed by atoms with E-state index < -0.39 is 0 Å². The number of fused-ring (bicyclic) bond motifs is 1. The molecule has 1 aliphatic heterocycles. The van der Waals surface area contributed by atoms with Crippen molar-refractivity contribution in [1.29, 1.82) is 0 Å². The van der Waals surface area contributed by atoms with Gasteiger partial charge in [0.1, 0.15) is 5.78 Å². The maximum atomic E-state index is 10.8. The smallest absolute Gasteiger partial charge is 0.315 e. The third-order valence-electron chi connectivity index (χ3n) is 2.01. The van der Waals surface area contributed by atoms with Gasteiger partial charge in [0.25, 0.3) is 0 Å². The summed E-state index contributed by atoms with van der Waals surface area (Å²) in [6.45, 7) is 0. The number of carbonyl (C=O) groups excluding carboxylic acids is 2. The Hall–Kier alpha value is -1.06. The van der Waals surface area contributed by atoms with Crippen molar-refractivity contribution in [2.24, 2.45) is 0 Å². The van der Waals surface area contributed by atoms with E-state index in [0.29, 0.717) is 12.8 Å². The molecule has 1 heterocycles. The quantitative estimate of drug-likeness (QED) is 0.472. The second-order valence-electron chi connectivity index (χ2n) is 2.78. The molecule has 1 aliphatic carbocycles. The van der Waals surface area contributed by atoms with E-state index in [-0.39, 0.29) is 23.9 Å². The lowest BCUT2D eigenvalue weighted by molar-refractivity contribution is -0.117. The lowest BCUT2D eigenvalue weighted by atomic mass is 10.2. The van der Waals surface area contributed by atoms with Gasteiger partial charge in [0, 0.05) is 12.8 Å². The molecular formula is C6H8N2O2. The molecule has 2 atom stereocenters. The minimum atomic E-state index is -0.137. The largest absolute Gasteiger partial charge is 0.333 e. The van der Waals surface area contributed by atoms with Gasteiger partial charge in [-0.25, -0.2) is 4.79 Å². The Bertz CT molecular complexity index is 164. The molecule has 1 saturated carbocycles. The fraction of sp³-hybridized carbons (Fsp3) is 0.667. The summed E-state index contributed by atoms with van der Waals surface area (Å²) < 4.78 is 0. The standard InChI is InChI=1S/C6H8N2O2/c9-3-1-4-5(2-3)8-6(10)7-4/h4-5H,1-2H2,(H2,7,8,10). The highest BCUT2D eigenvalue weighted by Gasteiger charge is 2.39. The van der Waals surface area contributed by atoms with Gasteiger partial charge in [-0.15, -0.1) is 0 Å². The first kappa shape index (κ1) is 5.70. The first-order valence-corrected chi connectivity index (χ1v) is 3.34. The van der Waals surface area contributed by atoms with Crippen molar-refractivity contribution in [2.45, 2.75) is 24.9 Å². The summed E-state index contributed by atoms with van der Waals surface area (Å²) in [5.74, 6) is 0.238. The van der Waals surface area contributed by atoms with E-state index in [4.69, 9.17) is 0 Å².